The van der Waals surface area contributed by atoms with Crippen molar-refractivity contribution in [3.8, 4) is 0 Å². The minimum Gasteiger partial charge on any atom is -0.478 e. The van der Waals surface area contributed by atoms with Gasteiger partial charge in [0, 0.05) is 18.9 Å². The van der Waals surface area contributed by atoms with Gasteiger partial charge in [0.2, 0.25) is 0 Å². The first kappa shape index (κ1) is 13.9. The number of rotatable bonds is 4. The van der Waals surface area contributed by atoms with Gasteiger partial charge in [-0.05, 0) is 18.2 Å². The normalized spacial score (nSPS) is 11.2. The SMILES string of the molecule is Cn1cc(S(=O)(=O)Nc2ccc(N)cc2C(=O)O)cn1. The third-order valence-electron chi connectivity index (χ3n) is 2.51. The van der Waals surface area contributed by atoms with Crippen LogP contribution in [-0.4, -0.2) is 29.3 Å². The highest BCUT2D eigenvalue weighted by molar-refractivity contribution is 7.92. The van der Waals surface area contributed by atoms with Gasteiger partial charge >= 0.3 is 5.97 Å². The summed E-state index contributed by atoms with van der Waals surface area (Å²) in [5, 5.41) is 12.8. The molecule has 0 radical (unpaired) electrons. The second-order valence-electron chi connectivity index (χ2n) is 4.07. The summed E-state index contributed by atoms with van der Waals surface area (Å²) in [6, 6.07) is 3.89. The Morgan fingerprint density at radius 2 is 2.15 bits per heavy atom. The van der Waals surface area contributed by atoms with E-state index < -0.39 is 16.0 Å². The van der Waals surface area contributed by atoms with Crippen LogP contribution in [0.5, 0.6) is 0 Å². The fourth-order valence-electron chi connectivity index (χ4n) is 1.57. The number of aryl methyl sites for hydroxylation is 1. The molecule has 20 heavy (non-hydrogen) atoms. The molecule has 0 bridgehead atoms. The number of nitrogens with two attached hydrogens (primary N) is 1. The van der Waals surface area contributed by atoms with Gasteiger partial charge in [0.05, 0.1) is 17.4 Å². The zero-order valence-electron chi connectivity index (χ0n) is 10.4. The number of carboxylic acid groups (broad SMARTS) is 1. The van der Waals surface area contributed by atoms with Crippen molar-refractivity contribution in [3.05, 3.63) is 36.2 Å². The lowest BCUT2D eigenvalue weighted by atomic mass is 10.1. The molecule has 0 aliphatic heterocycles. The van der Waals surface area contributed by atoms with Gasteiger partial charge in [-0.3, -0.25) is 9.40 Å². The van der Waals surface area contributed by atoms with Crippen molar-refractivity contribution >= 4 is 27.4 Å². The number of benzene rings is 1. The van der Waals surface area contributed by atoms with Crippen LogP contribution in [0.4, 0.5) is 11.4 Å². The van der Waals surface area contributed by atoms with E-state index in [0.717, 1.165) is 0 Å². The zero-order chi connectivity index (χ0) is 14.9. The average Bonchev–Trinajstić information content (AvgIpc) is 2.78. The Labute approximate surface area is 114 Å². The molecule has 1 aromatic carbocycles. The molecule has 0 amide bonds. The molecule has 4 N–H and O–H groups in total. The molecule has 8 nitrogen and oxygen atoms in total. The first-order chi connectivity index (χ1) is 9.29. The van der Waals surface area contributed by atoms with Crippen molar-refractivity contribution in [2.24, 2.45) is 7.05 Å². The summed E-state index contributed by atoms with van der Waals surface area (Å²) in [6.45, 7) is 0. The monoisotopic (exact) mass is 296 g/mol. The number of aromatic carboxylic acids is 1. The average molecular weight is 296 g/mol. The number of hydrogen-bond donors (Lipinski definition) is 3. The second-order valence-corrected chi connectivity index (χ2v) is 5.75. The lowest BCUT2D eigenvalue weighted by Crippen LogP contribution is -2.15. The molecule has 0 spiro atoms. The summed E-state index contributed by atoms with van der Waals surface area (Å²) >= 11 is 0. The van der Waals surface area contributed by atoms with E-state index in [1.807, 2.05) is 0 Å². The van der Waals surface area contributed by atoms with E-state index >= 15 is 0 Å². The minimum absolute atomic E-state index is 0.0597. The molecule has 0 saturated heterocycles. The van der Waals surface area contributed by atoms with Crippen LogP contribution in [0, 0.1) is 0 Å². The molecule has 0 aliphatic carbocycles. The highest BCUT2D eigenvalue weighted by Gasteiger charge is 2.20. The first-order valence-corrected chi connectivity index (χ1v) is 6.92. The molecule has 1 heterocycles. The Bertz CT molecular complexity index is 766. The second kappa shape index (κ2) is 4.85. The van der Waals surface area contributed by atoms with Gasteiger partial charge in [-0.1, -0.05) is 0 Å². The number of carboxylic acids is 1. The molecule has 9 heteroatoms. The van der Waals surface area contributed by atoms with E-state index in [4.69, 9.17) is 10.8 Å². The van der Waals surface area contributed by atoms with Crippen LogP contribution in [0.15, 0.2) is 35.5 Å². The molecule has 0 saturated carbocycles. The Morgan fingerprint density at radius 3 is 2.70 bits per heavy atom. The van der Waals surface area contributed by atoms with E-state index in [2.05, 4.69) is 9.82 Å². The number of nitrogen functional groups attached to an aromatic ring is 1. The summed E-state index contributed by atoms with van der Waals surface area (Å²) in [4.78, 5) is 11.0. The molecule has 0 fully saturated rings. The van der Waals surface area contributed by atoms with Crippen molar-refractivity contribution < 1.29 is 18.3 Å². The number of hydrogen-bond acceptors (Lipinski definition) is 5. The Morgan fingerprint density at radius 1 is 1.45 bits per heavy atom. The minimum atomic E-state index is -3.90. The van der Waals surface area contributed by atoms with E-state index in [1.165, 1.54) is 35.3 Å². The summed E-state index contributed by atoms with van der Waals surface area (Å²) < 4.78 is 27.7. The molecule has 0 unspecified atom stereocenters. The van der Waals surface area contributed by atoms with Gasteiger partial charge in [0.25, 0.3) is 10.0 Å². The molecule has 2 aromatic rings. The van der Waals surface area contributed by atoms with E-state index in [0.29, 0.717) is 0 Å². The van der Waals surface area contributed by atoms with Crippen LogP contribution in [0.2, 0.25) is 0 Å². The van der Waals surface area contributed by atoms with Gasteiger partial charge in [0.1, 0.15) is 4.90 Å². The van der Waals surface area contributed by atoms with Crippen LogP contribution < -0.4 is 10.5 Å². The van der Waals surface area contributed by atoms with Crippen molar-refractivity contribution in [2.75, 3.05) is 10.5 Å². The lowest BCUT2D eigenvalue weighted by Gasteiger charge is -2.09. The summed E-state index contributed by atoms with van der Waals surface area (Å²) in [6.07, 6.45) is 2.47. The van der Waals surface area contributed by atoms with Gasteiger partial charge < -0.3 is 10.8 Å². The number of anilines is 2. The third kappa shape index (κ3) is 2.72. The fraction of sp³-hybridized carbons (Fsp3) is 0.0909. The maximum Gasteiger partial charge on any atom is 0.337 e. The number of nitrogens with zero attached hydrogens (tertiary/aromatic N) is 2. The van der Waals surface area contributed by atoms with Crippen molar-refractivity contribution in [1.29, 1.82) is 0 Å². The van der Waals surface area contributed by atoms with Crippen LogP contribution in [0.1, 0.15) is 10.4 Å². The molecular weight excluding hydrogens is 284 g/mol. The highest BCUT2D eigenvalue weighted by atomic mass is 32.2. The van der Waals surface area contributed by atoms with Crippen molar-refractivity contribution in [3.63, 3.8) is 0 Å². The number of sulfonamides is 1. The van der Waals surface area contributed by atoms with E-state index in [9.17, 15) is 13.2 Å². The summed E-state index contributed by atoms with van der Waals surface area (Å²) in [5.41, 5.74) is 5.43. The van der Waals surface area contributed by atoms with Gasteiger partial charge in [-0.15, -0.1) is 0 Å². The van der Waals surface area contributed by atoms with Gasteiger partial charge in [0.15, 0.2) is 0 Å². The topological polar surface area (TPSA) is 127 Å². The molecule has 0 aliphatic rings. The molecule has 2 rings (SSSR count). The van der Waals surface area contributed by atoms with Gasteiger partial charge in [-0.2, -0.15) is 5.10 Å². The standard InChI is InChI=1S/C11H12N4O4S/c1-15-6-8(5-13-15)20(18,19)14-10-3-2-7(12)4-9(10)11(16)17/h2-6,14H,12H2,1H3,(H,16,17). The Balaban J connectivity index is 2.42. The Hall–Kier alpha value is -2.55. The maximum atomic E-state index is 12.1. The third-order valence-corrected chi connectivity index (χ3v) is 3.83. The van der Waals surface area contributed by atoms with Crippen LogP contribution in [0.25, 0.3) is 0 Å². The zero-order valence-corrected chi connectivity index (χ0v) is 11.3. The predicted molar refractivity (Wildman–Crippen MR) is 71.8 cm³/mol. The molecule has 1 aromatic heterocycles. The summed E-state index contributed by atoms with van der Waals surface area (Å²) in [5.74, 6) is -1.28. The number of aromatic nitrogens is 2. The first-order valence-electron chi connectivity index (χ1n) is 5.44. The molecule has 106 valence electrons. The highest BCUT2D eigenvalue weighted by Crippen LogP contribution is 2.22. The van der Waals surface area contributed by atoms with Crippen LogP contribution in [-0.2, 0) is 17.1 Å². The number of carbonyl (C=O) groups is 1. The maximum absolute atomic E-state index is 12.1. The lowest BCUT2D eigenvalue weighted by molar-refractivity contribution is 0.0698. The molecule has 0 atom stereocenters. The quantitative estimate of drug-likeness (QED) is 0.705. The summed E-state index contributed by atoms with van der Waals surface area (Å²) in [7, 11) is -2.32. The Kier molecular flexibility index (Phi) is 3.36. The van der Waals surface area contributed by atoms with Crippen molar-refractivity contribution in [2.45, 2.75) is 4.90 Å². The van der Waals surface area contributed by atoms with Crippen LogP contribution in [0.3, 0.4) is 0 Å². The largest absolute Gasteiger partial charge is 0.478 e. The fourth-order valence-corrected chi connectivity index (χ4v) is 2.63. The van der Waals surface area contributed by atoms with Gasteiger partial charge in [-0.25, -0.2) is 13.2 Å². The van der Waals surface area contributed by atoms with E-state index in [-0.39, 0.29) is 21.8 Å². The number of nitrogens with one attached hydrogen (secondary N) is 1. The predicted octanol–water partition coefficient (Wildman–Crippen LogP) is 0.501. The van der Waals surface area contributed by atoms with Crippen molar-refractivity contribution in [1.82, 2.24) is 9.78 Å². The smallest absolute Gasteiger partial charge is 0.337 e. The van der Waals surface area contributed by atoms with E-state index in [1.54, 1.807) is 7.05 Å². The van der Waals surface area contributed by atoms with Crippen LogP contribution >= 0.6 is 0 Å². The molecular formula is C11H12N4O4S.